The summed E-state index contributed by atoms with van der Waals surface area (Å²) in [4.78, 5) is 13.8. The standard InChI is InChI=1S/C11H17ClN4O/c1-7-10(12)9(15(3)14-7)6-16-5-4-13-8(2)11(16)17/h8,13H,4-6H2,1-3H3. The van der Waals surface area contributed by atoms with Gasteiger partial charge in [0, 0.05) is 20.1 Å². The Morgan fingerprint density at radius 1 is 1.59 bits per heavy atom. The lowest BCUT2D eigenvalue weighted by Crippen LogP contribution is -2.53. The zero-order valence-corrected chi connectivity index (χ0v) is 11.1. The number of carbonyl (C=O) groups excluding carboxylic acids is 1. The van der Waals surface area contributed by atoms with Crippen molar-refractivity contribution in [3.05, 3.63) is 16.4 Å². The Hall–Kier alpha value is -1.07. The molecule has 94 valence electrons. The van der Waals surface area contributed by atoms with Crippen molar-refractivity contribution in [2.45, 2.75) is 26.4 Å². The third kappa shape index (κ3) is 2.30. The molecule has 0 saturated carbocycles. The molecule has 1 unspecified atom stereocenters. The lowest BCUT2D eigenvalue weighted by Gasteiger charge is -2.31. The Bertz CT molecular complexity index is 443. The van der Waals surface area contributed by atoms with Crippen LogP contribution < -0.4 is 5.32 Å². The number of rotatable bonds is 2. The number of aryl methyl sites for hydroxylation is 2. The zero-order chi connectivity index (χ0) is 12.6. The van der Waals surface area contributed by atoms with Crippen molar-refractivity contribution in [2.75, 3.05) is 13.1 Å². The summed E-state index contributed by atoms with van der Waals surface area (Å²) in [5, 5.41) is 8.05. The molecular formula is C11H17ClN4O. The number of hydrogen-bond donors (Lipinski definition) is 1. The van der Waals surface area contributed by atoms with E-state index < -0.39 is 0 Å². The monoisotopic (exact) mass is 256 g/mol. The molecular weight excluding hydrogens is 240 g/mol. The van der Waals surface area contributed by atoms with Crippen LogP contribution in [0, 0.1) is 6.92 Å². The predicted octanol–water partition coefficient (Wildman–Crippen LogP) is 0.702. The fraction of sp³-hybridized carbons (Fsp3) is 0.636. The average Bonchev–Trinajstić information content (AvgIpc) is 2.51. The van der Waals surface area contributed by atoms with Crippen LogP contribution in [0.15, 0.2) is 0 Å². The van der Waals surface area contributed by atoms with Gasteiger partial charge in [0.2, 0.25) is 5.91 Å². The number of piperazine rings is 1. The van der Waals surface area contributed by atoms with E-state index >= 15 is 0 Å². The number of nitrogens with zero attached hydrogens (tertiary/aromatic N) is 3. The van der Waals surface area contributed by atoms with Gasteiger partial charge in [-0.15, -0.1) is 0 Å². The van der Waals surface area contributed by atoms with Crippen molar-refractivity contribution < 1.29 is 4.79 Å². The quantitative estimate of drug-likeness (QED) is 0.848. The first kappa shape index (κ1) is 12.4. The van der Waals surface area contributed by atoms with E-state index in [2.05, 4.69) is 10.4 Å². The van der Waals surface area contributed by atoms with Gasteiger partial charge in [0.15, 0.2) is 0 Å². The molecule has 0 aromatic carbocycles. The van der Waals surface area contributed by atoms with Crippen LogP contribution in [0.2, 0.25) is 5.02 Å². The number of nitrogens with one attached hydrogen (secondary N) is 1. The van der Waals surface area contributed by atoms with E-state index in [1.54, 1.807) is 4.68 Å². The summed E-state index contributed by atoms with van der Waals surface area (Å²) in [7, 11) is 1.85. The van der Waals surface area contributed by atoms with Crippen LogP contribution in [-0.2, 0) is 18.4 Å². The Labute approximate surface area is 106 Å². The Kier molecular flexibility index (Phi) is 3.40. The maximum atomic E-state index is 11.9. The smallest absolute Gasteiger partial charge is 0.239 e. The summed E-state index contributed by atoms with van der Waals surface area (Å²) in [5.41, 5.74) is 1.70. The number of amides is 1. The van der Waals surface area contributed by atoms with Crippen LogP contribution >= 0.6 is 11.6 Å². The van der Waals surface area contributed by atoms with E-state index in [9.17, 15) is 4.79 Å². The van der Waals surface area contributed by atoms with Crippen LogP contribution in [0.5, 0.6) is 0 Å². The van der Waals surface area contributed by atoms with Crippen LogP contribution in [-0.4, -0.2) is 39.7 Å². The summed E-state index contributed by atoms with van der Waals surface area (Å²) in [6.45, 7) is 5.81. The summed E-state index contributed by atoms with van der Waals surface area (Å²) in [6, 6.07) is -0.114. The van der Waals surface area contributed by atoms with Crippen LogP contribution in [0.4, 0.5) is 0 Å². The number of hydrogen-bond acceptors (Lipinski definition) is 3. The first-order valence-electron chi connectivity index (χ1n) is 5.71. The molecule has 2 heterocycles. The van der Waals surface area contributed by atoms with Gasteiger partial charge in [-0.1, -0.05) is 11.6 Å². The van der Waals surface area contributed by atoms with Crippen LogP contribution in [0.3, 0.4) is 0 Å². The molecule has 1 aromatic rings. The van der Waals surface area contributed by atoms with Gasteiger partial charge in [0.25, 0.3) is 0 Å². The Morgan fingerprint density at radius 3 is 2.88 bits per heavy atom. The number of halogens is 1. The Balaban J connectivity index is 2.17. The molecule has 0 bridgehead atoms. The summed E-state index contributed by atoms with van der Waals surface area (Å²) in [6.07, 6.45) is 0. The second-order valence-electron chi connectivity index (χ2n) is 4.41. The first-order valence-corrected chi connectivity index (χ1v) is 6.08. The molecule has 1 atom stereocenters. The van der Waals surface area contributed by atoms with Crippen molar-refractivity contribution in [2.24, 2.45) is 7.05 Å². The fourth-order valence-corrected chi connectivity index (χ4v) is 2.30. The molecule has 0 aliphatic carbocycles. The van der Waals surface area contributed by atoms with Crippen molar-refractivity contribution in [3.8, 4) is 0 Å². The molecule has 0 spiro atoms. The molecule has 0 radical (unpaired) electrons. The molecule has 17 heavy (non-hydrogen) atoms. The van der Waals surface area contributed by atoms with Gasteiger partial charge in [-0.05, 0) is 13.8 Å². The van der Waals surface area contributed by atoms with E-state index in [0.717, 1.165) is 17.9 Å². The topological polar surface area (TPSA) is 50.2 Å². The van der Waals surface area contributed by atoms with E-state index in [0.29, 0.717) is 18.1 Å². The van der Waals surface area contributed by atoms with Crippen molar-refractivity contribution in [1.82, 2.24) is 20.0 Å². The molecule has 1 fully saturated rings. The SMILES string of the molecule is Cc1nn(C)c(CN2CCNC(C)C2=O)c1Cl. The molecule has 1 aliphatic heterocycles. The highest BCUT2D eigenvalue weighted by molar-refractivity contribution is 6.31. The van der Waals surface area contributed by atoms with Crippen LogP contribution in [0.25, 0.3) is 0 Å². The maximum absolute atomic E-state index is 11.9. The summed E-state index contributed by atoms with van der Waals surface area (Å²) >= 11 is 6.18. The van der Waals surface area contributed by atoms with Gasteiger partial charge in [0.1, 0.15) is 0 Å². The second-order valence-corrected chi connectivity index (χ2v) is 4.78. The normalized spacial score (nSPS) is 21.1. The second kappa shape index (κ2) is 4.66. The largest absolute Gasteiger partial charge is 0.334 e. The fourth-order valence-electron chi connectivity index (χ4n) is 2.08. The molecule has 1 N–H and O–H groups in total. The van der Waals surface area contributed by atoms with E-state index in [-0.39, 0.29) is 11.9 Å². The van der Waals surface area contributed by atoms with E-state index in [1.165, 1.54) is 0 Å². The molecule has 6 heteroatoms. The van der Waals surface area contributed by atoms with Gasteiger partial charge in [0.05, 0.1) is 29.0 Å². The van der Waals surface area contributed by atoms with E-state index in [4.69, 9.17) is 11.6 Å². The highest BCUT2D eigenvalue weighted by Crippen LogP contribution is 2.21. The van der Waals surface area contributed by atoms with Crippen molar-refractivity contribution >= 4 is 17.5 Å². The van der Waals surface area contributed by atoms with Crippen molar-refractivity contribution in [3.63, 3.8) is 0 Å². The molecule has 2 rings (SSSR count). The van der Waals surface area contributed by atoms with Gasteiger partial charge < -0.3 is 10.2 Å². The minimum absolute atomic E-state index is 0.114. The zero-order valence-electron chi connectivity index (χ0n) is 10.3. The lowest BCUT2D eigenvalue weighted by atomic mass is 10.2. The molecule has 1 amide bonds. The molecule has 1 saturated heterocycles. The third-order valence-electron chi connectivity index (χ3n) is 3.12. The summed E-state index contributed by atoms with van der Waals surface area (Å²) in [5.74, 6) is 0.117. The van der Waals surface area contributed by atoms with Gasteiger partial charge >= 0.3 is 0 Å². The number of carbonyl (C=O) groups is 1. The Morgan fingerprint density at radius 2 is 2.29 bits per heavy atom. The minimum Gasteiger partial charge on any atom is -0.334 e. The maximum Gasteiger partial charge on any atom is 0.239 e. The van der Waals surface area contributed by atoms with Crippen LogP contribution in [0.1, 0.15) is 18.3 Å². The average molecular weight is 257 g/mol. The summed E-state index contributed by atoms with van der Waals surface area (Å²) < 4.78 is 1.75. The number of aromatic nitrogens is 2. The molecule has 5 nitrogen and oxygen atoms in total. The first-order chi connectivity index (χ1) is 8.00. The van der Waals surface area contributed by atoms with Gasteiger partial charge in [-0.2, -0.15) is 5.10 Å². The lowest BCUT2D eigenvalue weighted by molar-refractivity contribution is -0.135. The van der Waals surface area contributed by atoms with E-state index in [1.807, 2.05) is 25.8 Å². The molecule has 1 aromatic heterocycles. The predicted molar refractivity (Wildman–Crippen MR) is 65.8 cm³/mol. The van der Waals surface area contributed by atoms with Gasteiger partial charge in [-0.3, -0.25) is 9.48 Å². The minimum atomic E-state index is -0.114. The highest BCUT2D eigenvalue weighted by atomic mass is 35.5. The van der Waals surface area contributed by atoms with Crippen molar-refractivity contribution in [1.29, 1.82) is 0 Å². The van der Waals surface area contributed by atoms with Gasteiger partial charge in [-0.25, -0.2) is 0 Å². The molecule has 1 aliphatic rings. The third-order valence-corrected chi connectivity index (χ3v) is 3.61. The highest BCUT2D eigenvalue weighted by Gasteiger charge is 2.26.